The molecule has 1 aromatic heterocycles. The molecule has 0 amide bonds. The van der Waals surface area contributed by atoms with Crippen LogP contribution in [0.1, 0.15) is 31.5 Å². The zero-order valence-corrected chi connectivity index (χ0v) is 10.3. The molecule has 0 aliphatic rings. The van der Waals surface area contributed by atoms with Crippen LogP contribution in [0.5, 0.6) is 0 Å². The van der Waals surface area contributed by atoms with Gasteiger partial charge < -0.3 is 4.57 Å². The fourth-order valence-electron chi connectivity index (χ4n) is 2.33. The molecule has 1 nitrogen and oxygen atoms in total. The number of allylic oxidation sites excluding steroid dienone is 1. The van der Waals surface area contributed by atoms with Gasteiger partial charge in [-0.05, 0) is 38.0 Å². The molecule has 0 saturated heterocycles. The molecule has 1 aromatic carbocycles. The van der Waals surface area contributed by atoms with E-state index in [1.54, 1.807) is 0 Å². The second-order valence-electron chi connectivity index (χ2n) is 4.18. The van der Waals surface area contributed by atoms with Crippen LogP contribution >= 0.6 is 0 Å². The molecule has 0 bridgehead atoms. The largest absolute Gasteiger partial charge is 0.341 e. The van der Waals surface area contributed by atoms with Crippen LogP contribution in [0.2, 0.25) is 0 Å². The van der Waals surface area contributed by atoms with E-state index in [2.05, 4.69) is 61.8 Å². The van der Waals surface area contributed by atoms with Gasteiger partial charge in [0.25, 0.3) is 0 Å². The Kier molecular flexibility index (Phi) is 3.14. The van der Waals surface area contributed by atoms with Gasteiger partial charge in [0.05, 0.1) is 0 Å². The van der Waals surface area contributed by atoms with Crippen molar-refractivity contribution in [1.29, 1.82) is 0 Å². The quantitative estimate of drug-likeness (QED) is 0.712. The van der Waals surface area contributed by atoms with Gasteiger partial charge in [-0.3, -0.25) is 0 Å². The first-order valence-electron chi connectivity index (χ1n) is 6.00. The predicted molar refractivity (Wildman–Crippen MR) is 71.7 cm³/mol. The van der Waals surface area contributed by atoms with Crippen LogP contribution < -0.4 is 0 Å². The SMILES string of the molecule is C/C=C\c1c(C)c2ccccc2n1CCC. The van der Waals surface area contributed by atoms with Gasteiger partial charge >= 0.3 is 0 Å². The molecule has 2 rings (SSSR count). The lowest BCUT2D eigenvalue weighted by molar-refractivity contribution is 0.697. The van der Waals surface area contributed by atoms with Crippen LogP contribution in [0.4, 0.5) is 0 Å². The van der Waals surface area contributed by atoms with Gasteiger partial charge in [0.15, 0.2) is 0 Å². The van der Waals surface area contributed by atoms with Gasteiger partial charge in [-0.15, -0.1) is 0 Å². The maximum atomic E-state index is 2.42. The molecule has 0 saturated carbocycles. The highest BCUT2D eigenvalue weighted by molar-refractivity contribution is 5.87. The first-order valence-corrected chi connectivity index (χ1v) is 6.00. The van der Waals surface area contributed by atoms with Gasteiger partial charge in [-0.2, -0.15) is 0 Å². The van der Waals surface area contributed by atoms with Crippen molar-refractivity contribution in [3.63, 3.8) is 0 Å². The Hall–Kier alpha value is -1.50. The summed E-state index contributed by atoms with van der Waals surface area (Å²) in [6.07, 6.45) is 5.50. The first kappa shape index (κ1) is 11.0. The molecule has 0 N–H and O–H groups in total. The van der Waals surface area contributed by atoms with Crippen LogP contribution in [0, 0.1) is 6.92 Å². The van der Waals surface area contributed by atoms with Gasteiger partial charge in [0.1, 0.15) is 0 Å². The molecule has 1 heterocycles. The number of aromatic nitrogens is 1. The molecule has 0 aliphatic heterocycles. The Morgan fingerprint density at radius 2 is 2.00 bits per heavy atom. The number of fused-ring (bicyclic) bond motifs is 1. The lowest BCUT2D eigenvalue weighted by Crippen LogP contribution is -1.99. The summed E-state index contributed by atoms with van der Waals surface area (Å²) in [7, 11) is 0. The minimum Gasteiger partial charge on any atom is -0.341 e. The van der Waals surface area contributed by atoms with Crippen LogP contribution in [-0.4, -0.2) is 4.57 Å². The van der Waals surface area contributed by atoms with Crippen molar-refractivity contribution >= 4 is 17.0 Å². The average Bonchev–Trinajstić information content (AvgIpc) is 2.57. The Bertz CT molecular complexity index is 517. The van der Waals surface area contributed by atoms with E-state index in [-0.39, 0.29) is 0 Å². The molecule has 1 heteroatoms. The second kappa shape index (κ2) is 4.56. The van der Waals surface area contributed by atoms with Gasteiger partial charge in [0.2, 0.25) is 0 Å². The molecule has 0 fully saturated rings. The summed E-state index contributed by atoms with van der Waals surface area (Å²) in [5, 5.41) is 1.38. The van der Waals surface area contributed by atoms with E-state index in [0.717, 1.165) is 6.54 Å². The average molecular weight is 213 g/mol. The van der Waals surface area contributed by atoms with E-state index < -0.39 is 0 Å². The molecule has 0 radical (unpaired) electrons. The van der Waals surface area contributed by atoms with Crippen LogP contribution in [0.3, 0.4) is 0 Å². The van der Waals surface area contributed by atoms with Crippen molar-refractivity contribution in [3.8, 4) is 0 Å². The van der Waals surface area contributed by atoms with E-state index in [4.69, 9.17) is 0 Å². The van der Waals surface area contributed by atoms with Gasteiger partial charge in [-0.1, -0.05) is 31.2 Å². The van der Waals surface area contributed by atoms with Crippen molar-refractivity contribution in [2.45, 2.75) is 33.7 Å². The van der Waals surface area contributed by atoms with E-state index >= 15 is 0 Å². The molecule has 84 valence electrons. The molecule has 0 aliphatic carbocycles. The number of hydrogen-bond acceptors (Lipinski definition) is 0. The van der Waals surface area contributed by atoms with E-state index in [1.165, 1.54) is 28.6 Å². The fraction of sp³-hybridized carbons (Fsp3) is 0.333. The summed E-state index contributed by atoms with van der Waals surface area (Å²) in [5.41, 5.74) is 4.10. The van der Waals surface area contributed by atoms with Crippen molar-refractivity contribution in [3.05, 3.63) is 41.6 Å². The molecule has 0 spiro atoms. The third kappa shape index (κ3) is 1.67. The number of hydrogen-bond donors (Lipinski definition) is 0. The van der Waals surface area contributed by atoms with Crippen molar-refractivity contribution < 1.29 is 0 Å². The predicted octanol–water partition coefficient (Wildman–Crippen LogP) is 4.39. The monoisotopic (exact) mass is 213 g/mol. The number of benzene rings is 1. The minimum absolute atomic E-state index is 1.09. The normalized spacial score (nSPS) is 11.7. The molecule has 2 aromatic rings. The number of rotatable bonds is 3. The van der Waals surface area contributed by atoms with Crippen molar-refractivity contribution in [1.82, 2.24) is 4.57 Å². The molecule has 16 heavy (non-hydrogen) atoms. The summed E-state index contributed by atoms with van der Waals surface area (Å²) < 4.78 is 2.42. The molecule has 0 atom stereocenters. The molecule has 0 unspecified atom stereocenters. The maximum Gasteiger partial charge on any atom is 0.0487 e. The Balaban J connectivity index is 2.75. The van der Waals surface area contributed by atoms with E-state index in [0.29, 0.717) is 0 Å². The zero-order valence-electron chi connectivity index (χ0n) is 10.3. The summed E-state index contributed by atoms with van der Waals surface area (Å²) in [4.78, 5) is 0. The highest BCUT2D eigenvalue weighted by Gasteiger charge is 2.10. The Labute approximate surface area is 97.4 Å². The molecular formula is C15H19N. The van der Waals surface area contributed by atoms with Crippen LogP contribution in [-0.2, 0) is 6.54 Å². The Morgan fingerprint density at radius 3 is 2.69 bits per heavy atom. The van der Waals surface area contributed by atoms with Crippen molar-refractivity contribution in [2.75, 3.05) is 0 Å². The lowest BCUT2D eigenvalue weighted by atomic mass is 10.1. The molecular weight excluding hydrogens is 194 g/mol. The van der Waals surface area contributed by atoms with E-state index in [9.17, 15) is 0 Å². The second-order valence-corrected chi connectivity index (χ2v) is 4.18. The smallest absolute Gasteiger partial charge is 0.0487 e. The topological polar surface area (TPSA) is 4.93 Å². The van der Waals surface area contributed by atoms with Gasteiger partial charge in [-0.25, -0.2) is 0 Å². The summed E-state index contributed by atoms with van der Waals surface area (Å²) in [5.74, 6) is 0. The maximum absolute atomic E-state index is 2.42. The van der Waals surface area contributed by atoms with E-state index in [1.807, 2.05) is 0 Å². The fourth-order valence-corrected chi connectivity index (χ4v) is 2.33. The standard InChI is InChI=1S/C15H19N/c1-4-8-14-12(3)13-9-6-7-10-15(13)16(14)11-5-2/h4,6-10H,5,11H2,1-3H3/b8-4-. The number of aryl methyl sites for hydroxylation is 2. The highest BCUT2D eigenvalue weighted by atomic mass is 15.0. The van der Waals surface area contributed by atoms with Crippen LogP contribution in [0.25, 0.3) is 17.0 Å². The van der Waals surface area contributed by atoms with Gasteiger partial charge in [0, 0.05) is 23.1 Å². The summed E-state index contributed by atoms with van der Waals surface area (Å²) in [6.45, 7) is 7.61. The lowest BCUT2D eigenvalue weighted by Gasteiger charge is -2.06. The minimum atomic E-state index is 1.09. The highest BCUT2D eigenvalue weighted by Crippen LogP contribution is 2.26. The third-order valence-corrected chi connectivity index (χ3v) is 3.05. The zero-order chi connectivity index (χ0) is 11.5. The Morgan fingerprint density at radius 1 is 1.25 bits per heavy atom. The third-order valence-electron chi connectivity index (χ3n) is 3.05. The number of para-hydroxylation sites is 1. The first-order chi connectivity index (χ1) is 7.79. The summed E-state index contributed by atoms with van der Waals surface area (Å²) in [6, 6.07) is 8.66. The number of nitrogens with zero attached hydrogens (tertiary/aromatic N) is 1. The van der Waals surface area contributed by atoms with Crippen molar-refractivity contribution in [2.24, 2.45) is 0 Å². The van der Waals surface area contributed by atoms with Crippen LogP contribution in [0.15, 0.2) is 30.3 Å². The summed E-state index contributed by atoms with van der Waals surface area (Å²) >= 11 is 0.